The Balaban J connectivity index is 1.63. The number of piperazine rings is 1. The van der Waals surface area contributed by atoms with Crippen molar-refractivity contribution in [2.45, 2.75) is 19.4 Å². The monoisotopic (exact) mass is 351 g/mol. The number of benzene rings is 1. The van der Waals surface area contributed by atoms with E-state index in [4.69, 9.17) is 0 Å². The van der Waals surface area contributed by atoms with Crippen molar-refractivity contribution in [3.63, 3.8) is 0 Å². The molecule has 0 aromatic heterocycles. The molecule has 2 aliphatic heterocycles. The first-order chi connectivity index (χ1) is 10.1. The number of hydrogen-bond donors (Lipinski definition) is 1. The van der Waals surface area contributed by atoms with Crippen molar-refractivity contribution < 1.29 is 4.79 Å². The summed E-state index contributed by atoms with van der Waals surface area (Å²) >= 11 is 3.46. The number of hydrogen-bond acceptors (Lipinski definition) is 3. The Morgan fingerprint density at radius 3 is 2.71 bits per heavy atom. The van der Waals surface area contributed by atoms with Crippen LogP contribution in [0.1, 0.15) is 22.3 Å². The molecule has 1 unspecified atom stereocenters. The third kappa shape index (κ3) is 3.30. The average Bonchev–Trinajstić information content (AvgIpc) is 3.03. The summed E-state index contributed by atoms with van der Waals surface area (Å²) in [4.78, 5) is 17.2. The van der Waals surface area contributed by atoms with Crippen LogP contribution in [0.25, 0.3) is 0 Å². The highest BCUT2D eigenvalue weighted by molar-refractivity contribution is 9.10. The molecule has 3 rings (SSSR count). The number of aryl methyl sites for hydroxylation is 1. The molecule has 0 aliphatic carbocycles. The van der Waals surface area contributed by atoms with Gasteiger partial charge in [0.1, 0.15) is 0 Å². The van der Waals surface area contributed by atoms with Crippen molar-refractivity contribution in [1.82, 2.24) is 15.1 Å². The molecule has 1 atom stereocenters. The van der Waals surface area contributed by atoms with Crippen molar-refractivity contribution in [2.75, 3.05) is 39.3 Å². The second-order valence-electron chi connectivity index (χ2n) is 5.93. The van der Waals surface area contributed by atoms with Gasteiger partial charge >= 0.3 is 0 Å². The summed E-state index contributed by atoms with van der Waals surface area (Å²) in [6, 6.07) is 6.58. The molecule has 0 saturated carbocycles. The number of rotatable bonds is 2. The lowest BCUT2D eigenvalue weighted by Crippen LogP contribution is -2.52. The van der Waals surface area contributed by atoms with Crippen LogP contribution in [0.2, 0.25) is 0 Å². The maximum atomic E-state index is 12.7. The quantitative estimate of drug-likeness (QED) is 0.883. The highest BCUT2D eigenvalue weighted by Crippen LogP contribution is 2.19. The van der Waals surface area contributed by atoms with Crippen LogP contribution in [0, 0.1) is 6.92 Å². The molecule has 2 fully saturated rings. The molecule has 2 aliphatic rings. The van der Waals surface area contributed by atoms with Gasteiger partial charge in [-0.15, -0.1) is 0 Å². The lowest BCUT2D eigenvalue weighted by Gasteiger charge is -2.38. The molecule has 5 heteroatoms. The number of nitrogens with zero attached hydrogens (tertiary/aromatic N) is 2. The molecule has 0 bridgehead atoms. The number of carbonyl (C=O) groups is 1. The van der Waals surface area contributed by atoms with Crippen LogP contribution in [-0.4, -0.2) is 61.0 Å². The zero-order chi connectivity index (χ0) is 14.8. The predicted octanol–water partition coefficient (Wildman–Crippen LogP) is 1.88. The molecule has 1 N–H and O–H groups in total. The lowest BCUT2D eigenvalue weighted by atomic mass is 10.1. The van der Waals surface area contributed by atoms with E-state index in [9.17, 15) is 4.79 Å². The van der Waals surface area contributed by atoms with Gasteiger partial charge in [0.25, 0.3) is 5.91 Å². The van der Waals surface area contributed by atoms with Crippen LogP contribution in [0.15, 0.2) is 22.7 Å². The molecule has 2 saturated heterocycles. The van der Waals surface area contributed by atoms with Crippen LogP contribution >= 0.6 is 15.9 Å². The van der Waals surface area contributed by atoms with E-state index in [1.807, 2.05) is 30.0 Å². The minimum Gasteiger partial charge on any atom is -0.336 e. The molecule has 1 aromatic rings. The highest BCUT2D eigenvalue weighted by Gasteiger charge is 2.28. The smallest absolute Gasteiger partial charge is 0.254 e. The van der Waals surface area contributed by atoms with Crippen LogP contribution in [-0.2, 0) is 0 Å². The van der Waals surface area contributed by atoms with E-state index in [0.29, 0.717) is 6.04 Å². The number of nitrogens with one attached hydrogen (secondary N) is 1. The largest absolute Gasteiger partial charge is 0.336 e. The normalized spacial score (nSPS) is 23.5. The topological polar surface area (TPSA) is 35.6 Å². The standard InChI is InChI=1S/C16H22BrN3O/c1-12-2-3-13(17)10-15(12)16(21)20-8-6-19(7-9-20)14-4-5-18-11-14/h2-3,10,14,18H,4-9,11H2,1H3. The first-order valence-electron chi connectivity index (χ1n) is 7.65. The molecule has 21 heavy (non-hydrogen) atoms. The summed E-state index contributed by atoms with van der Waals surface area (Å²) in [7, 11) is 0. The van der Waals surface area contributed by atoms with E-state index in [1.165, 1.54) is 6.42 Å². The van der Waals surface area contributed by atoms with Gasteiger partial charge in [0.15, 0.2) is 0 Å². The Kier molecular flexibility index (Phi) is 4.62. The minimum absolute atomic E-state index is 0.165. The Labute approximate surface area is 134 Å². The van der Waals surface area contributed by atoms with Gasteiger partial charge in [-0.25, -0.2) is 0 Å². The van der Waals surface area contributed by atoms with Gasteiger partial charge in [-0.05, 0) is 37.6 Å². The summed E-state index contributed by atoms with van der Waals surface area (Å²) in [6.07, 6.45) is 1.23. The third-order valence-electron chi connectivity index (χ3n) is 4.58. The van der Waals surface area contributed by atoms with E-state index in [-0.39, 0.29) is 5.91 Å². The van der Waals surface area contributed by atoms with Crippen LogP contribution < -0.4 is 5.32 Å². The first kappa shape index (κ1) is 15.0. The Bertz CT molecular complexity index is 520. The van der Waals surface area contributed by atoms with Gasteiger partial charge in [0, 0.05) is 48.8 Å². The third-order valence-corrected chi connectivity index (χ3v) is 5.08. The predicted molar refractivity (Wildman–Crippen MR) is 87.6 cm³/mol. The van der Waals surface area contributed by atoms with E-state index < -0.39 is 0 Å². The maximum absolute atomic E-state index is 12.7. The Morgan fingerprint density at radius 1 is 1.29 bits per heavy atom. The number of amides is 1. The number of halogens is 1. The van der Waals surface area contributed by atoms with Crippen molar-refractivity contribution in [1.29, 1.82) is 0 Å². The fourth-order valence-corrected chi connectivity index (χ4v) is 3.60. The van der Waals surface area contributed by atoms with Gasteiger partial charge in [-0.1, -0.05) is 22.0 Å². The van der Waals surface area contributed by atoms with Crippen LogP contribution in [0.5, 0.6) is 0 Å². The summed E-state index contributed by atoms with van der Waals surface area (Å²) in [5, 5.41) is 3.42. The van der Waals surface area contributed by atoms with E-state index >= 15 is 0 Å². The van der Waals surface area contributed by atoms with Gasteiger partial charge in [-0.2, -0.15) is 0 Å². The molecule has 2 heterocycles. The van der Waals surface area contributed by atoms with Gasteiger partial charge in [0.2, 0.25) is 0 Å². The highest BCUT2D eigenvalue weighted by atomic mass is 79.9. The fourth-order valence-electron chi connectivity index (χ4n) is 3.24. The second kappa shape index (κ2) is 6.46. The van der Waals surface area contributed by atoms with Gasteiger partial charge in [-0.3, -0.25) is 9.69 Å². The minimum atomic E-state index is 0.165. The Hall–Kier alpha value is -0.910. The van der Waals surface area contributed by atoms with E-state index in [2.05, 4.69) is 26.1 Å². The molecule has 0 spiro atoms. The van der Waals surface area contributed by atoms with Crippen molar-refractivity contribution >= 4 is 21.8 Å². The van der Waals surface area contributed by atoms with E-state index in [0.717, 1.165) is 54.9 Å². The average molecular weight is 352 g/mol. The van der Waals surface area contributed by atoms with Crippen LogP contribution in [0.4, 0.5) is 0 Å². The van der Waals surface area contributed by atoms with Crippen molar-refractivity contribution in [2.24, 2.45) is 0 Å². The fraction of sp³-hybridized carbons (Fsp3) is 0.562. The molecule has 1 amide bonds. The SMILES string of the molecule is Cc1ccc(Br)cc1C(=O)N1CCN(C2CCNC2)CC1. The van der Waals surface area contributed by atoms with E-state index in [1.54, 1.807) is 0 Å². The summed E-state index contributed by atoms with van der Waals surface area (Å²) in [5.74, 6) is 0.165. The Morgan fingerprint density at radius 2 is 2.05 bits per heavy atom. The van der Waals surface area contributed by atoms with Crippen LogP contribution in [0.3, 0.4) is 0 Å². The molecule has 0 radical (unpaired) electrons. The zero-order valence-electron chi connectivity index (χ0n) is 12.4. The van der Waals surface area contributed by atoms with Gasteiger partial charge in [0.05, 0.1) is 0 Å². The summed E-state index contributed by atoms with van der Waals surface area (Å²) < 4.78 is 0.965. The summed E-state index contributed by atoms with van der Waals surface area (Å²) in [6.45, 7) is 7.87. The molecular weight excluding hydrogens is 330 g/mol. The molecule has 1 aromatic carbocycles. The van der Waals surface area contributed by atoms with Crippen molar-refractivity contribution in [3.8, 4) is 0 Å². The van der Waals surface area contributed by atoms with Crippen molar-refractivity contribution in [3.05, 3.63) is 33.8 Å². The summed E-state index contributed by atoms with van der Waals surface area (Å²) in [5.41, 5.74) is 1.87. The first-order valence-corrected chi connectivity index (χ1v) is 8.44. The zero-order valence-corrected chi connectivity index (χ0v) is 14.0. The molecule has 114 valence electrons. The second-order valence-corrected chi connectivity index (χ2v) is 6.85. The van der Waals surface area contributed by atoms with Gasteiger partial charge < -0.3 is 10.2 Å². The number of carbonyl (C=O) groups excluding carboxylic acids is 1. The molecule has 4 nitrogen and oxygen atoms in total. The molecular formula is C16H22BrN3O. The lowest BCUT2D eigenvalue weighted by molar-refractivity contribution is 0.0583. The maximum Gasteiger partial charge on any atom is 0.254 e.